The topological polar surface area (TPSA) is 26.0 Å². The van der Waals surface area contributed by atoms with Crippen molar-refractivity contribution in [2.75, 3.05) is 0 Å². The van der Waals surface area contributed by atoms with Crippen LogP contribution in [0.2, 0.25) is 0 Å². The first-order valence-corrected chi connectivity index (χ1v) is 4.06. The van der Waals surface area contributed by atoms with E-state index in [0.29, 0.717) is 0 Å². The van der Waals surface area contributed by atoms with Gasteiger partial charge in [0.15, 0.2) is 0 Å². The normalized spacial score (nSPS) is 23.4. The van der Waals surface area contributed by atoms with E-state index in [2.05, 4.69) is 6.92 Å². The molecule has 1 saturated carbocycles. The van der Waals surface area contributed by atoms with E-state index in [4.69, 9.17) is 5.73 Å². The van der Waals surface area contributed by atoms with Crippen molar-refractivity contribution in [3.8, 4) is 0 Å². The molecule has 1 fully saturated rings. The average Bonchev–Trinajstić information content (AvgIpc) is 1.90. The summed E-state index contributed by atoms with van der Waals surface area (Å²) in [7, 11) is 0. The maximum Gasteiger partial charge on any atom is 0.0151 e. The second kappa shape index (κ2) is 4.20. The van der Waals surface area contributed by atoms with Crippen LogP contribution in [-0.4, -0.2) is 5.54 Å². The first kappa shape index (κ1) is 10.2. The summed E-state index contributed by atoms with van der Waals surface area (Å²) in [6.07, 6.45) is 7.77. The standard InChI is InChI=1S/C8H17N.ClH/c1-2-8(9)6-4-3-5-7-8;/h2-7,9H2,1H3;1H. The van der Waals surface area contributed by atoms with E-state index in [0.717, 1.165) is 6.42 Å². The number of hydrogen-bond acceptors (Lipinski definition) is 1. The monoisotopic (exact) mass is 163 g/mol. The molecule has 1 aliphatic rings. The van der Waals surface area contributed by atoms with E-state index in [1.165, 1.54) is 32.1 Å². The molecule has 0 aromatic carbocycles. The van der Waals surface area contributed by atoms with Crippen LogP contribution in [0, 0.1) is 0 Å². The second-order valence-electron chi connectivity index (χ2n) is 3.28. The Labute approximate surface area is 69.8 Å². The lowest BCUT2D eigenvalue weighted by Gasteiger charge is -2.32. The van der Waals surface area contributed by atoms with Gasteiger partial charge in [0.1, 0.15) is 0 Å². The number of halogens is 1. The van der Waals surface area contributed by atoms with Gasteiger partial charge in [-0.15, -0.1) is 12.4 Å². The molecule has 0 heterocycles. The molecule has 0 bridgehead atoms. The smallest absolute Gasteiger partial charge is 0.0151 e. The maximum atomic E-state index is 6.06. The molecule has 0 radical (unpaired) electrons. The molecule has 0 aliphatic heterocycles. The summed E-state index contributed by atoms with van der Waals surface area (Å²) in [6.45, 7) is 2.20. The quantitative estimate of drug-likeness (QED) is 0.632. The minimum atomic E-state index is 0. The molecule has 0 atom stereocenters. The zero-order chi connectivity index (χ0) is 6.74. The summed E-state index contributed by atoms with van der Waals surface area (Å²) in [6, 6.07) is 0. The fourth-order valence-electron chi connectivity index (χ4n) is 1.61. The molecule has 1 nitrogen and oxygen atoms in total. The Morgan fingerprint density at radius 3 is 2.00 bits per heavy atom. The summed E-state index contributed by atoms with van der Waals surface area (Å²) in [5.74, 6) is 0. The predicted octanol–water partition coefficient (Wildman–Crippen LogP) is 2.48. The molecule has 1 aliphatic carbocycles. The minimum Gasteiger partial charge on any atom is -0.325 e. The number of nitrogens with two attached hydrogens (primary N) is 1. The van der Waals surface area contributed by atoms with E-state index < -0.39 is 0 Å². The molecule has 62 valence electrons. The molecule has 0 aromatic heterocycles. The average molecular weight is 164 g/mol. The van der Waals surface area contributed by atoms with Crippen LogP contribution in [0.1, 0.15) is 45.4 Å². The van der Waals surface area contributed by atoms with Crippen molar-refractivity contribution in [2.45, 2.75) is 51.0 Å². The van der Waals surface area contributed by atoms with Crippen molar-refractivity contribution in [1.29, 1.82) is 0 Å². The molecule has 2 N–H and O–H groups in total. The highest BCUT2D eigenvalue weighted by Gasteiger charge is 2.24. The fraction of sp³-hybridized carbons (Fsp3) is 1.00. The van der Waals surface area contributed by atoms with Crippen LogP contribution in [0.5, 0.6) is 0 Å². The van der Waals surface area contributed by atoms with Gasteiger partial charge in [-0.3, -0.25) is 0 Å². The molecule has 0 spiro atoms. The van der Waals surface area contributed by atoms with E-state index in [1.54, 1.807) is 0 Å². The fourth-order valence-corrected chi connectivity index (χ4v) is 1.61. The van der Waals surface area contributed by atoms with Crippen LogP contribution in [0.3, 0.4) is 0 Å². The Bertz CT molecular complexity index is 87.3. The third kappa shape index (κ3) is 2.47. The van der Waals surface area contributed by atoms with Crippen LogP contribution in [-0.2, 0) is 0 Å². The first-order valence-electron chi connectivity index (χ1n) is 4.06. The minimum absolute atomic E-state index is 0. The maximum absolute atomic E-state index is 6.06. The summed E-state index contributed by atoms with van der Waals surface area (Å²) in [5.41, 5.74) is 6.28. The third-order valence-electron chi connectivity index (χ3n) is 2.55. The Morgan fingerprint density at radius 2 is 1.70 bits per heavy atom. The van der Waals surface area contributed by atoms with Gasteiger partial charge in [-0.25, -0.2) is 0 Å². The molecule has 1 rings (SSSR count). The van der Waals surface area contributed by atoms with Gasteiger partial charge in [-0.1, -0.05) is 26.2 Å². The molecule has 0 aromatic rings. The third-order valence-corrected chi connectivity index (χ3v) is 2.55. The zero-order valence-corrected chi connectivity index (χ0v) is 7.54. The van der Waals surface area contributed by atoms with Crippen LogP contribution in [0.15, 0.2) is 0 Å². The number of rotatable bonds is 1. The predicted molar refractivity (Wildman–Crippen MR) is 47.5 cm³/mol. The molecule has 0 unspecified atom stereocenters. The molecular weight excluding hydrogens is 146 g/mol. The first-order chi connectivity index (χ1) is 4.27. The summed E-state index contributed by atoms with van der Waals surface area (Å²) < 4.78 is 0. The molecule has 2 heteroatoms. The van der Waals surface area contributed by atoms with E-state index in [9.17, 15) is 0 Å². The summed E-state index contributed by atoms with van der Waals surface area (Å²) >= 11 is 0. The lowest BCUT2D eigenvalue weighted by molar-refractivity contribution is 0.287. The van der Waals surface area contributed by atoms with Crippen LogP contribution < -0.4 is 5.73 Å². The van der Waals surface area contributed by atoms with Crippen LogP contribution in [0.4, 0.5) is 0 Å². The Balaban J connectivity index is 0.000000810. The lowest BCUT2D eigenvalue weighted by atomic mass is 9.81. The number of hydrogen-bond donors (Lipinski definition) is 1. The van der Waals surface area contributed by atoms with E-state index in [-0.39, 0.29) is 17.9 Å². The highest BCUT2D eigenvalue weighted by molar-refractivity contribution is 5.85. The lowest BCUT2D eigenvalue weighted by Crippen LogP contribution is -2.40. The van der Waals surface area contributed by atoms with Crippen molar-refractivity contribution >= 4 is 12.4 Å². The van der Waals surface area contributed by atoms with Gasteiger partial charge in [-0.05, 0) is 19.3 Å². The van der Waals surface area contributed by atoms with Gasteiger partial charge in [0, 0.05) is 5.54 Å². The largest absolute Gasteiger partial charge is 0.325 e. The Kier molecular flexibility index (Phi) is 4.30. The van der Waals surface area contributed by atoms with Gasteiger partial charge in [0.2, 0.25) is 0 Å². The highest BCUT2D eigenvalue weighted by atomic mass is 35.5. The van der Waals surface area contributed by atoms with Crippen LogP contribution in [0.25, 0.3) is 0 Å². The van der Waals surface area contributed by atoms with Gasteiger partial charge in [0.25, 0.3) is 0 Å². The van der Waals surface area contributed by atoms with Gasteiger partial charge >= 0.3 is 0 Å². The van der Waals surface area contributed by atoms with Gasteiger partial charge in [0.05, 0.1) is 0 Å². The van der Waals surface area contributed by atoms with Crippen LogP contribution >= 0.6 is 12.4 Å². The van der Waals surface area contributed by atoms with Crippen molar-refractivity contribution < 1.29 is 0 Å². The highest BCUT2D eigenvalue weighted by Crippen LogP contribution is 2.27. The van der Waals surface area contributed by atoms with Crippen molar-refractivity contribution in [1.82, 2.24) is 0 Å². The SMILES string of the molecule is CCC1(N)CCCCC1.Cl. The Morgan fingerprint density at radius 1 is 1.20 bits per heavy atom. The van der Waals surface area contributed by atoms with Gasteiger partial charge in [-0.2, -0.15) is 0 Å². The molecule has 0 saturated heterocycles. The summed E-state index contributed by atoms with van der Waals surface area (Å²) in [4.78, 5) is 0. The van der Waals surface area contributed by atoms with Crippen molar-refractivity contribution in [2.24, 2.45) is 5.73 Å². The van der Waals surface area contributed by atoms with E-state index >= 15 is 0 Å². The zero-order valence-electron chi connectivity index (χ0n) is 6.73. The Hall–Kier alpha value is 0.250. The van der Waals surface area contributed by atoms with E-state index in [1.807, 2.05) is 0 Å². The second-order valence-corrected chi connectivity index (χ2v) is 3.28. The molecule has 0 amide bonds. The summed E-state index contributed by atoms with van der Waals surface area (Å²) in [5, 5.41) is 0. The molecule has 10 heavy (non-hydrogen) atoms. The van der Waals surface area contributed by atoms with Gasteiger partial charge < -0.3 is 5.73 Å². The van der Waals surface area contributed by atoms with Crippen molar-refractivity contribution in [3.63, 3.8) is 0 Å². The van der Waals surface area contributed by atoms with Crippen molar-refractivity contribution in [3.05, 3.63) is 0 Å². The molecular formula is C8H18ClN.